The molecule has 0 amide bonds. The fourth-order valence-electron chi connectivity index (χ4n) is 1.67. The number of aromatic nitrogens is 1. The largest absolute Gasteiger partial charge is 0.480 e. The summed E-state index contributed by atoms with van der Waals surface area (Å²) in [7, 11) is 0. The number of thiazole rings is 1. The second kappa shape index (κ2) is 5.63. The van der Waals surface area contributed by atoms with Gasteiger partial charge in [-0.1, -0.05) is 18.1 Å². The smallest absolute Gasteiger partial charge is 0.317 e. The molecule has 1 heterocycles. The molecule has 0 saturated carbocycles. The van der Waals surface area contributed by atoms with Crippen molar-refractivity contribution in [2.75, 3.05) is 13.1 Å². The molecule has 18 heavy (non-hydrogen) atoms. The summed E-state index contributed by atoms with van der Waals surface area (Å²) in [5.41, 5.74) is 0.938. The van der Waals surface area contributed by atoms with Crippen LogP contribution in [0.5, 0.6) is 0 Å². The Morgan fingerprint density at radius 3 is 2.94 bits per heavy atom. The second-order valence-corrected chi connectivity index (χ2v) is 4.93. The lowest BCUT2D eigenvalue weighted by molar-refractivity contribution is -0.138. The van der Waals surface area contributed by atoms with Crippen LogP contribution < -0.4 is 0 Å². The minimum atomic E-state index is -0.883. The Bertz CT molecular complexity index is 567. The molecule has 1 N–H and O–H groups in total. The molecule has 0 unspecified atom stereocenters. The van der Waals surface area contributed by atoms with E-state index in [9.17, 15) is 4.79 Å². The third-order valence-electron chi connectivity index (χ3n) is 2.37. The Balaban J connectivity index is 2.15. The Labute approximate surface area is 109 Å². The van der Waals surface area contributed by atoms with Crippen molar-refractivity contribution in [2.24, 2.45) is 0 Å². The number of fused-ring (bicyclic) bond motifs is 1. The third kappa shape index (κ3) is 3.06. The molecule has 92 valence electrons. The highest BCUT2D eigenvalue weighted by atomic mass is 32.1. The van der Waals surface area contributed by atoms with Crippen molar-refractivity contribution in [1.82, 2.24) is 9.88 Å². The van der Waals surface area contributed by atoms with Crippen molar-refractivity contribution in [3.63, 3.8) is 0 Å². The van der Waals surface area contributed by atoms with Gasteiger partial charge in [0.15, 0.2) is 0 Å². The molecule has 4 nitrogen and oxygen atoms in total. The van der Waals surface area contributed by atoms with Gasteiger partial charge in [-0.25, -0.2) is 4.98 Å². The molecule has 0 aliphatic carbocycles. The van der Waals surface area contributed by atoms with Crippen molar-refractivity contribution in [1.29, 1.82) is 0 Å². The molecule has 0 radical (unpaired) electrons. The van der Waals surface area contributed by atoms with Gasteiger partial charge in [0.05, 0.1) is 29.9 Å². The maximum atomic E-state index is 10.7. The van der Waals surface area contributed by atoms with Crippen LogP contribution in [-0.2, 0) is 11.3 Å². The van der Waals surface area contributed by atoms with Crippen LogP contribution in [0.15, 0.2) is 24.3 Å². The summed E-state index contributed by atoms with van der Waals surface area (Å²) in [6.07, 6.45) is 5.23. The van der Waals surface area contributed by atoms with E-state index in [1.807, 2.05) is 24.3 Å². The number of hydrogen-bond donors (Lipinski definition) is 1. The lowest BCUT2D eigenvalue weighted by Gasteiger charge is -2.14. The second-order valence-electron chi connectivity index (χ2n) is 3.82. The summed E-state index contributed by atoms with van der Waals surface area (Å²) in [5, 5.41) is 9.68. The van der Waals surface area contributed by atoms with Crippen molar-refractivity contribution in [3.05, 3.63) is 29.3 Å². The minimum absolute atomic E-state index is 0.0693. The average molecular weight is 260 g/mol. The SMILES string of the molecule is C#CCN(CC(=O)O)Cc1nc2ccccc2s1. The molecule has 5 heteroatoms. The van der Waals surface area contributed by atoms with Gasteiger partial charge in [0.1, 0.15) is 5.01 Å². The van der Waals surface area contributed by atoms with Crippen molar-refractivity contribution < 1.29 is 9.90 Å². The Morgan fingerprint density at radius 1 is 1.50 bits per heavy atom. The van der Waals surface area contributed by atoms with Crippen LogP contribution in [-0.4, -0.2) is 34.0 Å². The van der Waals surface area contributed by atoms with Crippen LogP contribution in [0.3, 0.4) is 0 Å². The van der Waals surface area contributed by atoms with E-state index in [1.54, 1.807) is 16.2 Å². The molecule has 2 rings (SSSR count). The molecular weight excluding hydrogens is 248 g/mol. The summed E-state index contributed by atoms with van der Waals surface area (Å²) in [6, 6.07) is 7.83. The van der Waals surface area contributed by atoms with Crippen molar-refractivity contribution in [2.45, 2.75) is 6.54 Å². The molecule has 1 aromatic heterocycles. The van der Waals surface area contributed by atoms with E-state index in [0.717, 1.165) is 15.2 Å². The summed E-state index contributed by atoms with van der Waals surface area (Å²) < 4.78 is 1.10. The van der Waals surface area contributed by atoms with Gasteiger partial charge in [-0.3, -0.25) is 9.69 Å². The Kier molecular flexibility index (Phi) is 3.92. The molecule has 0 bridgehead atoms. The monoisotopic (exact) mass is 260 g/mol. The fraction of sp³-hybridized carbons (Fsp3) is 0.231. The number of terminal acetylenes is 1. The van der Waals surface area contributed by atoms with Crippen LogP contribution in [0, 0.1) is 12.3 Å². The molecule has 0 fully saturated rings. The molecular formula is C13H12N2O2S. The van der Waals surface area contributed by atoms with Crippen molar-refractivity contribution in [3.8, 4) is 12.3 Å². The van der Waals surface area contributed by atoms with Gasteiger partial charge in [-0.05, 0) is 12.1 Å². The van der Waals surface area contributed by atoms with Crippen LogP contribution in [0.1, 0.15) is 5.01 Å². The molecule has 0 aliphatic rings. The number of aliphatic carboxylic acids is 1. The van der Waals surface area contributed by atoms with E-state index in [4.69, 9.17) is 11.5 Å². The van der Waals surface area contributed by atoms with E-state index in [0.29, 0.717) is 13.1 Å². The third-order valence-corrected chi connectivity index (χ3v) is 3.39. The first-order chi connectivity index (χ1) is 8.69. The Morgan fingerprint density at radius 2 is 2.28 bits per heavy atom. The van der Waals surface area contributed by atoms with E-state index in [-0.39, 0.29) is 6.54 Å². The highest BCUT2D eigenvalue weighted by molar-refractivity contribution is 7.18. The number of hydrogen-bond acceptors (Lipinski definition) is 4. The maximum absolute atomic E-state index is 10.7. The zero-order valence-electron chi connectivity index (χ0n) is 9.67. The summed E-state index contributed by atoms with van der Waals surface area (Å²) in [5.74, 6) is 1.58. The molecule has 0 spiro atoms. The maximum Gasteiger partial charge on any atom is 0.317 e. The zero-order chi connectivity index (χ0) is 13.0. The highest BCUT2D eigenvalue weighted by Crippen LogP contribution is 2.22. The zero-order valence-corrected chi connectivity index (χ0v) is 10.5. The predicted molar refractivity (Wildman–Crippen MR) is 71.4 cm³/mol. The number of carboxylic acid groups (broad SMARTS) is 1. The number of carboxylic acids is 1. The Hall–Kier alpha value is -1.90. The first kappa shape index (κ1) is 12.6. The molecule has 1 aromatic carbocycles. The van der Waals surface area contributed by atoms with Crippen LogP contribution >= 0.6 is 11.3 Å². The fourth-order valence-corrected chi connectivity index (χ4v) is 2.68. The quantitative estimate of drug-likeness (QED) is 0.833. The number of carbonyl (C=O) groups is 1. The standard InChI is InChI=1S/C13H12N2O2S/c1-2-7-15(9-13(16)17)8-12-14-10-5-3-4-6-11(10)18-12/h1,3-6H,7-9H2,(H,16,17). The number of benzene rings is 1. The minimum Gasteiger partial charge on any atom is -0.480 e. The van der Waals surface area contributed by atoms with E-state index in [1.165, 1.54) is 0 Å². The molecule has 0 saturated heterocycles. The number of para-hydroxylation sites is 1. The number of nitrogens with zero attached hydrogens (tertiary/aromatic N) is 2. The van der Waals surface area contributed by atoms with Crippen LogP contribution in [0.25, 0.3) is 10.2 Å². The first-order valence-corrected chi connectivity index (χ1v) is 6.23. The topological polar surface area (TPSA) is 53.4 Å². The molecule has 0 aliphatic heterocycles. The van der Waals surface area contributed by atoms with E-state index >= 15 is 0 Å². The average Bonchev–Trinajstić information content (AvgIpc) is 2.70. The van der Waals surface area contributed by atoms with E-state index in [2.05, 4.69) is 10.9 Å². The van der Waals surface area contributed by atoms with Gasteiger partial charge in [0, 0.05) is 0 Å². The van der Waals surface area contributed by atoms with Gasteiger partial charge in [-0.15, -0.1) is 17.8 Å². The summed E-state index contributed by atoms with van der Waals surface area (Å²) in [6.45, 7) is 0.707. The first-order valence-electron chi connectivity index (χ1n) is 5.41. The predicted octanol–water partition coefficient (Wildman–Crippen LogP) is 1.82. The van der Waals surface area contributed by atoms with Gasteiger partial charge in [-0.2, -0.15) is 0 Å². The lowest BCUT2D eigenvalue weighted by atomic mass is 10.3. The van der Waals surface area contributed by atoms with E-state index < -0.39 is 5.97 Å². The van der Waals surface area contributed by atoms with Gasteiger partial charge in [0.25, 0.3) is 0 Å². The van der Waals surface area contributed by atoms with Gasteiger partial charge < -0.3 is 5.11 Å². The van der Waals surface area contributed by atoms with Crippen molar-refractivity contribution >= 4 is 27.5 Å². The van der Waals surface area contributed by atoms with Crippen LogP contribution in [0.4, 0.5) is 0 Å². The highest BCUT2D eigenvalue weighted by Gasteiger charge is 2.12. The number of rotatable bonds is 5. The molecule has 0 atom stereocenters. The van der Waals surface area contributed by atoms with Crippen LogP contribution in [0.2, 0.25) is 0 Å². The lowest BCUT2D eigenvalue weighted by Crippen LogP contribution is -2.29. The normalized spacial score (nSPS) is 10.7. The summed E-state index contributed by atoms with van der Waals surface area (Å²) in [4.78, 5) is 16.9. The molecule has 2 aromatic rings. The summed E-state index contributed by atoms with van der Waals surface area (Å²) >= 11 is 1.56. The van der Waals surface area contributed by atoms with Gasteiger partial charge >= 0.3 is 5.97 Å². The van der Waals surface area contributed by atoms with Gasteiger partial charge in [0.2, 0.25) is 0 Å².